The number of amides is 2. The van der Waals surface area contributed by atoms with Crippen molar-refractivity contribution < 1.29 is 9.53 Å². The lowest BCUT2D eigenvalue weighted by atomic mass is 10.2. The lowest BCUT2D eigenvalue weighted by molar-refractivity contribution is 0.122. The van der Waals surface area contributed by atoms with Gasteiger partial charge in [-0.3, -0.25) is 0 Å². The molecule has 2 aromatic heterocycles. The van der Waals surface area contributed by atoms with Crippen molar-refractivity contribution in [2.24, 2.45) is 0 Å². The number of hydrogen-bond acceptors (Lipinski definition) is 7. The Bertz CT molecular complexity index is 1030. The molecule has 4 rings (SSSR count). The second-order valence-electron chi connectivity index (χ2n) is 7.00. The van der Waals surface area contributed by atoms with E-state index >= 15 is 0 Å². The summed E-state index contributed by atoms with van der Waals surface area (Å²) in [5.41, 5.74) is 2.70. The van der Waals surface area contributed by atoms with Gasteiger partial charge in [-0.15, -0.1) is 0 Å². The van der Waals surface area contributed by atoms with Crippen molar-refractivity contribution in [3.63, 3.8) is 0 Å². The summed E-state index contributed by atoms with van der Waals surface area (Å²) in [6.07, 6.45) is 5.21. The number of rotatable bonds is 6. The van der Waals surface area contributed by atoms with Crippen LogP contribution in [0.1, 0.15) is 11.1 Å². The third-order valence-corrected chi connectivity index (χ3v) is 5.70. The fraction of sp³-hybridized carbons (Fsp3) is 0.273. The van der Waals surface area contributed by atoms with E-state index in [0.29, 0.717) is 24.9 Å². The lowest BCUT2D eigenvalue weighted by Crippen LogP contribution is -2.38. The molecule has 0 radical (unpaired) electrons. The second-order valence-corrected chi connectivity index (χ2v) is 8.04. The molecule has 0 spiro atoms. The van der Waals surface area contributed by atoms with Crippen LogP contribution in [-0.2, 0) is 11.3 Å². The van der Waals surface area contributed by atoms with E-state index in [4.69, 9.17) is 4.74 Å². The van der Waals surface area contributed by atoms with Crippen LogP contribution in [0.25, 0.3) is 0 Å². The molecular weight excluding hydrogens is 412 g/mol. The molecule has 8 nitrogen and oxygen atoms in total. The van der Waals surface area contributed by atoms with Crippen LogP contribution in [0.15, 0.2) is 65.0 Å². The van der Waals surface area contributed by atoms with E-state index in [9.17, 15) is 4.79 Å². The third-order valence-electron chi connectivity index (χ3n) is 4.81. The van der Waals surface area contributed by atoms with Crippen LogP contribution in [0.2, 0.25) is 0 Å². The summed E-state index contributed by atoms with van der Waals surface area (Å²) in [6, 6.07) is 11.2. The van der Waals surface area contributed by atoms with Crippen molar-refractivity contribution >= 4 is 29.3 Å². The number of morpholine rings is 1. The summed E-state index contributed by atoms with van der Waals surface area (Å²) in [5.74, 6) is 0.895. The zero-order valence-electron chi connectivity index (χ0n) is 17.2. The molecule has 31 heavy (non-hydrogen) atoms. The number of nitrogens with one attached hydrogen (secondary N) is 2. The van der Waals surface area contributed by atoms with Crippen molar-refractivity contribution in [1.29, 1.82) is 0 Å². The average Bonchev–Trinajstić information content (AvgIpc) is 2.81. The van der Waals surface area contributed by atoms with Gasteiger partial charge in [0.2, 0.25) is 0 Å². The van der Waals surface area contributed by atoms with E-state index in [-0.39, 0.29) is 6.03 Å². The fourth-order valence-corrected chi connectivity index (χ4v) is 4.06. The molecule has 1 fully saturated rings. The molecule has 2 amide bonds. The largest absolute Gasteiger partial charge is 0.378 e. The highest BCUT2D eigenvalue weighted by Gasteiger charge is 2.16. The molecule has 0 bridgehead atoms. The molecule has 3 aromatic rings. The predicted molar refractivity (Wildman–Crippen MR) is 120 cm³/mol. The van der Waals surface area contributed by atoms with Crippen molar-refractivity contribution in [3.8, 4) is 0 Å². The molecular formula is C22H24N6O2S. The van der Waals surface area contributed by atoms with Crippen molar-refractivity contribution in [2.45, 2.75) is 23.5 Å². The zero-order chi connectivity index (χ0) is 21.5. The van der Waals surface area contributed by atoms with Gasteiger partial charge in [0.1, 0.15) is 5.82 Å². The smallest absolute Gasteiger partial charge is 0.319 e. The van der Waals surface area contributed by atoms with Gasteiger partial charge in [-0.2, -0.15) is 0 Å². The summed E-state index contributed by atoms with van der Waals surface area (Å²) in [5, 5.41) is 6.55. The van der Waals surface area contributed by atoms with E-state index in [1.165, 1.54) is 11.8 Å². The molecule has 0 saturated carbocycles. The molecule has 9 heteroatoms. The SMILES string of the molecule is Cc1cc(Sc2ncccn2)ccc1NC(=O)NCc1cccnc1N1CCOCC1. The summed E-state index contributed by atoms with van der Waals surface area (Å²) >= 11 is 1.48. The maximum atomic E-state index is 12.5. The lowest BCUT2D eigenvalue weighted by Gasteiger charge is -2.29. The predicted octanol–water partition coefficient (Wildman–Crippen LogP) is 3.49. The Morgan fingerprint density at radius 1 is 1.10 bits per heavy atom. The number of carbonyl (C=O) groups is 1. The first kappa shape index (κ1) is 21.1. The molecule has 1 aliphatic heterocycles. The van der Waals surface area contributed by atoms with Gasteiger partial charge in [0, 0.05) is 54.4 Å². The van der Waals surface area contributed by atoms with E-state index < -0.39 is 0 Å². The Morgan fingerprint density at radius 2 is 1.87 bits per heavy atom. The monoisotopic (exact) mass is 436 g/mol. The number of aryl methyl sites for hydroxylation is 1. The summed E-state index contributed by atoms with van der Waals surface area (Å²) in [6.45, 7) is 5.33. The molecule has 3 heterocycles. The standard InChI is InChI=1S/C22H24N6O2S/c1-16-14-18(31-22-24-8-3-9-25-22)5-6-19(16)27-21(29)26-15-17-4-2-7-23-20(17)28-10-12-30-13-11-28/h2-9,14H,10-13,15H2,1H3,(H2,26,27,29). The summed E-state index contributed by atoms with van der Waals surface area (Å²) in [4.78, 5) is 28.7. The van der Waals surface area contributed by atoms with Crippen LogP contribution in [0.5, 0.6) is 0 Å². The maximum Gasteiger partial charge on any atom is 0.319 e. The number of pyridine rings is 1. The minimum absolute atomic E-state index is 0.258. The highest BCUT2D eigenvalue weighted by atomic mass is 32.2. The molecule has 0 aliphatic carbocycles. The number of urea groups is 1. The first-order chi connectivity index (χ1) is 15.2. The Morgan fingerprint density at radius 3 is 2.65 bits per heavy atom. The minimum Gasteiger partial charge on any atom is -0.378 e. The van der Waals surface area contributed by atoms with Crippen LogP contribution in [0.4, 0.5) is 16.3 Å². The van der Waals surface area contributed by atoms with Gasteiger partial charge in [-0.05, 0) is 54.6 Å². The summed E-state index contributed by atoms with van der Waals surface area (Å²) < 4.78 is 5.42. The molecule has 1 aliphatic rings. The van der Waals surface area contributed by atoms with Gasteiger partial charge in [-0.25, -0.2) is 19.7 Å². The van der Waals surface area contributed by atoms with Crippen LogP contribution in [0.3, 0.4) is 0 Å². The van der Waals surface area contributed by atoms with E-state index in [1.54, 1.807) is 24.7 Å². The number of ether oxygens (including phenoxy) is 1. The van der Waals surface area contributed by atoms with E-state index in [0.717, 1.165) is 40.6 Å². The number of anilines is 2. The van der Waals surface area contributed by atoms with Crippen molar-refractivity contribution in [3.05, 3.63) is 66.1 Å². The van der Waals surface area contributed by atoms with Gasteiger partial charge >= 0.3 is 6.03 Å². The third kappa shape index (κ3) is 5.71. The first-order valence-electron chi connectivity index (χ1n) is 10.1. The highest BCUT2D eigenvalue weighted by molar-refractivity contribution is 7.99. The van der Waals surface area contributed by atoms with E-state index in [2.05, 4.69) is 30.5 Å². The quantitative estimate of drug-likeness (QED) is 0.572. The van der Waals surface area contributed by atoms with Crippen molar-refractivity contribution in [2.75, 3.05) is 36.5 Å². The zero-order valence-corrected chi connectivity index (χ0v) is 18.1. The van der Waals surface area contributed by atoms with Crippen LogP contribution >= 0.6 is 11.8 Å². The van der Waals surface area contributed by atoms with Gasteiger partial charge in [-0.1, -0.05) is 6.07 Å². The molecule has 2 N–H and O–H groups in total. The minimum atomic E-state index is -0.258. The highest BCUT2D eigenvalue weighted by Crippen LogP contribution is 2.28. The fourth-order valence-electron chi connectivity index (χ4n) is 3.25. The van der Waals surface area contributed by atoms with Crippen LogP contribution < -0.4 is 15.5 Å². The topological polar surface area (TPSA) is 92.3 Å². The average molecular weight is 437 g/mol. The van der Waals surface area contributed by atoms with Crippen LogP contribution in [-0.4, -0.2) is 47.3 Å². The number of hydrogen-bond donors (Lipinski definition) is 2. The molecule has 160 valence electrons. The number of carbonyl (C=O) groups excluding carboxylic acids is 1. The normalized spacial score (nSPS) is 13.6. The molecule has 0 atom stereocenters. The number of nitrogens with zero attached hydrogens (tertiary/aromatic N) is 4. The Labute approximate surface area is 185 Å². The molecule has 1 aromatic carbocycles. The van der Waals surface area contributed by atoms with E-state index in [1.807, 2.05) is 37.3 Å². The van der Waals surface area contributed by atoms with Gasteiger partial charge in [0.25, 0.3) is 0 Å². The molecule has 0 unspecified atom stereocenters. The summed E-state index contributed by atoms with van der Waals surface area (Å²) in [7, 11) is 0. The Kier molecular flexibility index (Phi) is 6.96. The van der Waals surface area contributed by atoms with Crippen LogP contribution in [0, 0.1) is 6.92 Å². The molecule has 1 saturated heterocycles. The van der Waals surface area contributed by atoms with Gasteiger partial charge < -0.3 is 20.3 Å². The van der Waals surface area contributed by atoms with Crippen molar-refractivity contribution in [1.82, 2.24) is 20.3 Å². The van der Waals surface area contributed by atoms with Gasteiger partial charge in [0.15, 0.2) is 5.16 Å². The second kappa shape index (κ2) is 10.2. The maximum absolute atomic E-state index is 12.5. The Balaban J connectivity index is 1.35. The Hall–Kier alpha value is -3.17. The number of aromatic nitrogens is 3. The first-order valence-corrected chi connectivity index (χ1v) is 10.9. The van der Waals surface area contributed by atoms with Gasteiger partial charge in [0.05, 0.1) is 13.2 Å². The number of benzene rings is 1.